The van der Waals surface area contributed by atoms with Gasteiger partial charge < -0.3 is 14.7 Å². The Kier molecular flexibility index (Phi) is 7.71. The van der Waals surface area contributed by atoms with Crippen LogP contribution in [0.25, 0.3) is 0 Å². The van der Waals surface area contributed by atoms with Crippen LogP contribution in [0, 0.1) is 25.1 Å². The van der Waals surface area contributed by atoms with Gasteiger partial charge in [0.1, 0.15) is 5.82 Å². The van der Waals surface area contributed by atoms with Gasteiger partial charge in [0, 0.05) is 30.0 Å². The van der Waals surface area contributed by atoms with E-state index in [1.807, 2.05) is 34.6 Å². The number of anilines is 1. The molecule has 186 valence electrons. The summed E-state index contributed by atoms with van der Waals surface area (Å²) in [6, 6.07) is 6.57. The second-order valence-corrected chi connectivity index (χ2v) is 11.2. The molecule has 0 unspecified atom stereocenters. The Hall–Kier alpha value is -2.47. The predicted octanol–water partition coefficient (Wildman–Crippen LogP) is 6.19. The third kappa shape index (κ3) is 6.35. The van der Waals surface area contributed by atoms with Gasteiger partial charge in [0.25, 0.3) is 0 Å². The number of ether oxygens (including phenoxy) is 1. The summed E-state index contributed by atoms with van der Waals surface area (Å²) in [6.45, 7) is 15.8. The fourth-order valence-electron chi connectivity index (χ4n) is 4.70. The number of halogens is 1. The molecular weight excluding hydrogens is 431 g/mol. The summed E-state index contributed by atoms with van der Waals surface area (Å²) in [4.78, 5) is 19.6. The number of aromatic nitrogens is 1. The van der Waals surface area contributed by atoms with Gasteiger partial charge in [0.05, 0.1) is 11.3 Å². The van der Waals surface area contributed by atoms with E-state index in [-0.39, 0.29) is 11.2 Å². The van der Waals surface area contributed by atoms with Crippen LogP contribution in [-0.4, -0.2) is 34.8 Å². The van der Waals surface area contributed by atoms with Crippen LogP contribution < -0.4 is 4.90 Å². The molecule has 0 saturated carbocycles. The van der Waals surface area contributed by atoms with Crippen molar-refractivity contribution < 1.29 is 19.0 Å². The van der Waals surface area contributed by atoms with E-state index in [0.717, 1.165) is 54.9 Å². The highest BCUT2D eigenvalue weighted by Gasteiger charge is 2.36. The van der Waals surface area contributed by atoms with Crippen LogP contribution >= 0.6 is 0 Å². The molecule has 1 aromatic heterocycles. The standard InChI is InChI=1S/C28H39FN2O3/c1-18-22(13-10-20-8-11-21(29)12-9-20)24(31-16-14-28(6,7)15-17-31)23(19(2)30-18)25(26(32)33)34-27(3,4)5/h8-9,11-12,25H,10,13-17H2,1-7H3,(H,32,33)/t25-/m0/s1. The first kappa shape index (κ1) is 26.1. The van der Waals surface area contributed by atoms with Crippen molar-refractivity contribution in [3.63, 3.8) is 0 Å². The molecule has 1 N–H and O–H groups in total. The zero-order valence-electron chi connectivity index (χ0n) is 21.7. The Labute approximate surface area is 203 Å². The minimum Gasteiger partial charge on any atom is -0.479 e. The number of aliphatic carboxylic acids is 1. The Morgan fingerprint density at radius 1 is 1.12 bits per heavy atom. The van der Waals surface area contributed by atoms with Gasteiger partial charge in [-0.2, -0.15) is 0 Å². The number of aryl methyl sites for hydroxylation is 3. The van der Waals surface area contributed by atoms with Crippen molar-refractivity contribution in [3.8, 4) is 0 Å². The SMILES string of the molecule is Cc1nc(C)c([C@H](OC(C)(C)C)C(=O)O)c(N2CCC(C)(C)CC2)c1CCc1ccc(F)cc1. The van der Waals surface area contributed by atoms with E-state index in [0.29, 0.717) is 17.7 Å². The lowest BCUT2D eigenvalue weighted by atomic mass is 9.82. The summed E-state index contributed by atoms with van der Waals surface area (Å²) >= 11 is 0. The van der Waals surface area contributed by atoms with Crippen LogP contribution in [0.2, 0.25) is 0 Å². The number of piperidine rings is 1. The molecule has 1 aliphatic heterocycles. The number of carboxylic acid groups (broad SMARTS) is 1. The molecule has 3 rings (SSSR count). The summed E-state index contributed by atoms with van der Waals surface area (Å²) in [6.07, 6.45) is 2.36. The number of carboxylic acids is 1. The second kappa shape index (κ2) is 10.0. The summed E-state index contributed by atoms with van der Waals surface area (Å²) in [5.41, 5.74) is 4.93. The van der Waals surface area contributed by atoms with Gasteiger partial charge in [-0.25, -0.2) is 9.18 Å². The summed E-state index contributed by atoms with van der Waals surface area (Å²) < 4.78 is 19.5. The molecular formula is C28H39FN2O3. The number of hydrogen-bond donors (Lipinski definition) is 1. The van der Waals surface area contributed by atoms with Crippen LogP contribution in [0.15, 0.2) is 24.3 Å². The van der Waals surface area contributed by atoms with Crippen molar-refractivity contribution in [1.82, 2.24) is 4.98 Å². The Balaban J connectivity index is 2.12. The largest absolute Gasteiger partial charge is 0.479 e. The molecule has 0 amide bonds. The highest BCUT2D eigenvalue weighted by Crippen LogP contribution is 2.41. The summed E-state index contributed by atoms with van der Waals surface area (Å²) in [5.74, 6) is -1.26. The zero-order chi connectivity index (χ0) is 25.3. The molecule has 5 nitrogen and oxygen atoms in total. The highest BCUT2D eigenvalue weighted by atomic mass is 19.1. The van der Waals surface area contributed by atoms with E-state index in [4.69, 9.17) is 9.72 Å². The summed E-state index contributed by atoms with van der Waals surface area (Å²) in [5, 5.41) is 10.2. The van der Waals surface area contributed by atoms with Crippen LogP contribution in [-0.2, 0) is 22.4 Å². The second-order valence-electron chi connectivity index (χ2n) is 11.2. The topological polar surface area (TPSA) is 62.7 Å². The number of rotatable bonds is 7. The van der Waals surface area contributed by atoms with Crippen LogP contribution in [0.5, 0.6) is 0 Å². The highest BCUT2D eigenvalue weighted by molar-refractivity contribution is 5.79. The van der Waals surface area contributed by atoms with Crippen molar-refractivity contribution in [3.05, 3.63) is 58.2 Å². The van der Waals surface area contributed by atoms with Gasteiger partial charge in [0.2, 0.25) is 0 Å². The minimum atomic E-state index is -1.11. The normalized spacial score (nSPS) is 17.0. The minimum absolute atomic E-state index is 0.250. The molecule has 34 heavy (non-hydrogen) atoms. The molecule has 1 aromatic carbocycles. The number of hydrogen-bond acceptors (Lipinski definition) is 4. The van der Waals surface area contributed by atoms with E-state index < -0.39 is 17.7 Å². The first-order valence-corrected chi connectivity index (χ1v) is 12.2. The number of carbonyl (C=O) groups is 1. The third-order valence-electron chi connectivity index (χ3n) is 6.67. The molecule has 0 spiro atoms. The molecule has 1 saturated heterocycles. The fraction of sp³-hybridized carbons (Fsp3) is 0.571. The summed E-state index contributed by atoms with van der Waals surface area (Å²) in [7, 11) is 0. The maximum Gasteiger partial charge on any atom is 0.337 e. The van der Waals surface area contributed by atoms with E-state index in [1.165, 1.54) is 12.1 Å². The van der Waals surface area contributed by atoms with E-state index in [2.05, 4.69) is 18.7 Å². The van der Waals surface area contributed by atoms with Gasteiger partial charge in [-0.3, -0.25) is 4.98 Å². The van der Waals surface area contributed by atoms with Gasteiger partial charge in [-0.1, -0.05) is 26.0 Å². The molecule has 2 heterocycles. The average Bonchev–Trinajstić information content (AvgIpc) is 2.72. The quantitative estimate of drug-likeness (QED) is 0.523. The maximum atomic E-state index is 13.4. The molecule has 1 aliphatic rings. The maximum absolute atomic E-state index is 13.4. The van der Waals surface area contributed by atoms with Crippen molar-refractivity contribution >= 4 is 11.7 Å². The molecule has 2 aromatic rings. The third-order valence-corrected chi connectivity index (χ3v) is 6.67. The molecule has 6 heteroatoms. The Morgan fingerprint density at radius 3 is 2.24 bits per heavy atom. The lowest BCUT2D eigenvalue weighted by Gasteiger charge is -2.41. The molecule has 0 aliphatic carbocycles. The van der Waals surface area contributed by atoms with Gasteiger partial charge in [-0.05, 0) is 89.0 Å². The lowest BCUT2D eigenvalue weighted by Crippen LogP contribution is -2.39. The first-order valence-electron chi connectivity index (χ1n) is 12.2. The Morgan fingerprint density at radius 2 is 1.71 bits per heavy atom. The number of nitrogens with zero attached hydrogens (tertiary/aromatic N) is 2. The zero-order valence-corrected chi connectivity index (χ0v) is 21.7. The first-order chi connectivity index (χ1) is 15.8. The van der Waals surface area contributed by atoms with Crippen molar-refractivity contribution in [2.75, 3.05) is 18.0 Å². The van der Waals surface area contributed by atoms with Crippen LogP contribution in [0.1, 0.15) is 81.6 Å². The monoisotopic (exact) mass is 470 g/mol. The smallest absolute Gasteiger partial charge is 0.337 e. The van der Waals surface area contributed by atoms with Crippen molar-refractivity contribution in [2.45, 2.75) is 85.9 Å². The van der Waals surface area contributed by atoms with E-state index in [9.17, 15) is 14.3 Å². The predicted molar refractivity (Wildman–Crippen MR) is 134 cm³/mol. The molecule has 1 fully saturated rings. The number of benzene rings is 1. The fourth-order valence-corrected chi connectivity index (χ4v) is 4.70. The van der Waals surface area contributed by atoms with Gasteiger partial charge >= 0.3 is 5.97 Å². The molecule has 0 bridgehead atoms. The van der Waals surface area contributed by atoms with Gasteiger partial charge in [0.15, 0.2) is 6.10 Å². The Bertz CT molecular complexity index is 1020. The number of pyridine rings is 1. The van der Waals surface area contributed by atoms with Crippen LogP contribution in [0.3, 0.4) is 0 Å². The van der Waals surface area contributed by atoms with E-state index in [1.54, 1.807) is 12.1 Å². The van der Waals surface area contributed by atoms with Crippen LogP contribution in [0.4, 0.5) is 10.1 Å². The lowest BCUT2D eigenvalue weighted by molar-refractivity contribution is -0.160. The molecule has 0 radical (unpaired) electrons. The molecule has 1 atom stereocenters. The van der Waals surface area contributed by atoms with E-state index >= 15 is 0 Å². The van der Waals surface area contributed by atoms with Crippen molar-refractivity contribution in [1.29, 1.82) is 0 Å². The van der Waals surface area contributed by atoms with Crippen molar-refractivity contribution in [2.24, 2.45) is 5.41 Å². The average molecular weight is 471 g/mol. The van der Waals surface area contributed by atoms with Gasteiger partial charge in [-0.15, -0.1) is 0 Å².